The molecule has 0 fully saturated rings. The number of aryl methyl sites for hydroxylation is 1. The molecule has 0 aliphatic heterocycles. The number of halogens is 2. The minimum atomic E-state index is -0.364. The van der Waals surface area contributed by atoms with E-state index < -0.39 is 0 Å². The summed E-state index contributed by atoms with van der Waals surface area (Å²) in [5.41, 5.74) is 0.579. The van der Waals surface area contributed by atoms with Crippen LogP contribution < -0.4 is 5.32 Å². The maximum absolute atomic E-state index is 13.8. The Kier molecular flexibility index (Phi) is 4.44. The molecule has 1 heterocycles. The van der Waals surface area contributed by atoms with E-state index in [0.29, 0.717) is 24.2 Å². The summed E-state index contributed by atoms with van der Waals surface area (Å²) in [6.07, 6.45) is 1.09. The molecule has 2 aromatic rings. The van der Waals surface area contributed by atoms with Gasteiger partial charge in [-0.1, -0.05) is 23.7 Å². The van der Waals surface area contributed by atoms with Crippen molar-refractivity contribution in [3.05, 3.63) is 40.4 Å². The molecule has 0 amide bonds. The van der Waals surface area contributed by atoms with Crippen molar-refractivity contribution in [2.75, 3.05) is 7.05 Å². The van der Waals surface area contributed by atoms with Crippen LogP contribution in [0.1, 0.15) is 11.4 Å². The van der Waals surface area contributed by atoms with E-state index in [2.05, 4.69) is 20.7 Å². The molecule has 1 aromatic heterocycles. The van der Waals surface area contributed by atoms with E-state index in [4.69, 9.17) is 11.6 Å². The van der Waals surface area contributed by atoms with Crippen molar-refractivity contribution in [3.8, 4) is 0 Å². The van der Waals surface area contributed by atoms with Crippen LogP contribution in [0.15, 0.2) is 18.2 Å². The van der Waals surface area contributed by atoms with Crippen molar-refractivity contribution in [1.82, 2.24) is 25.5 Å². The summed E-state index contributed by atoms with van der Waals surface area (Å²) in [5, 5.41) is 15.1. The molecule has 0 spiro atoms. The Morgan fingerprint density at radius 2 is 2.21 bits per heavy atom. The van der Waals surface area contributed by atoms with E-state index >= 15 is 0 Å². The van der Waals surface area contributed by atoms with E-state index in [-0.39, 0.29) is 16.9 Å². The first kappa shape index (κ1) is 13.9. The maximum Gasteiger partial charge on any atom is 0.176 e. The van der Waals surface area contributed by atoms with Gasteiger partial charge in [-0.25, -0.2) is 4.39 Å². The van der Waals surface area contributed by atoms with Crippen LogP contribution in [0.5, 0.6) is 0 Å². The molecule has 102 valence electrons. The Morgan fingerprint density at radius 3 is 2.84 bits per heavy atom. The summed E-state index contributed by atoms with van der Waals surface area (Å²) in [6, 6.07) is 5.04. The quantitative estimate of drug-likeness (QED) is 0.901. The van der Waals surface area contributed by atoms with Crippen molar-refractivity contribution < 1.29 is 4.39 Å². The third-order valence-corrected chi connectivity index (χ3v) is 3.18. The van der Waals surface area contributed by atoms with Gasteiger partial charge in [0, 0.05) is 12.5 Å². The number of rotatable bonds is 5. The highest BCUT2D eigenvalue weighted by Crippen LogP contribution is 2.19. The van der Waals surface area contributed by atoms with Crippen molar-refractivity contribution in [1.29, 1.82) is 0 Å². The van der Waals surface area contributed by atoms with E-state index in [1.807, 2.05) is 7.05 Å². The lowest BCUT2D eigenvalue weighted by atomic mass is 10.0. The SMILES string of the molecule is CNC(Cc1nnn(C)n1)Cc1cccc(Cl)c1F. The van der Waals surface area contributed by atoms with Crippen LogP contribution in [0.4, 0.5) is 4.39 Å². The second-order valence-electron chi connectivity index (χ2n) is 4.30. The molecule has 0 aliphatic rings. The summed E-state index contributed by atoms with van der Waals surface area (Å²) in [5.74, 6) is 0.265. The molecule has 1 N–H and O–H groups in total. The van der Waals surface area contributed by atoms with Gasteiger partial charge >= 0.3 is 0 Å². The predicted molar refractivity (Wildman–Crippen MR) is 70.5 cm³/mol. The van der Waals surface area contributed by atoms with Gasteiger partial charge in [-0.05, 0) is 30.3 Å². The van der Waals surface area contributed by atoms with Crippen LogP contribution in [0, 0.1) is 5.82 Å². The Bertz CT molecular complexity index is 557. The highest BCUT2D eigenvalue weighted by atomic mass is 35.5. The average Bonchev–Trinajstić information content (AvgIpc) is 2.79. The monoisotopic (exact) mass is 283 g/mol. The first-order valence-corrected chi connectivity index (χ1v) is 6.31. The third kappa shape index (κ3) is 3.48. The van der Waals surface area contributed by atoms with Crippen molar-refractivity contribution in [3.63, 3.8) is 0 Å². The third-order valence-electron chi connectivity index (χ3n) is 2.88. The van der Waals surface area contributed by atoms with Gasteiger partial charge in [-0.3, -0.25) is 0 Å². The average molecular weight is 284 g/mol. The number of hydrogen-bond donors (Lipinski definition) is 1. The van der Waals surface area contributed by atoms with Crippen molar-refractivity contribution in [2.24, 2.45) is 7.05 Å². The molecule has 1 unspecified atom stereocenters. The Hall–Kier alpha value is -1.53. The zero-order valence-corrected chi connectivity index (χ0v) is 11.5. The molecule has 7 heteroatoms. The molecule has 0 radical (unpaired) electrons. The highest BCUT2D eigenvalue weighted by Gasteiger charge is 2.15. The Labute approximate surface area is 115 Å². The van der Waals surface area contributed by atoms with Crippen LogP contribution in [0.25, 0.3) is 0 Å². The lowest BCUT2D eigenvalue weighted by molar-refractivity contribution is 0.521. The van der Waals surface area contributed by atoms with E-state index in [9.17, 15) is 4.39 Å². The topological polar surface area (TPSA) is 55.6 Å². The van der Waals surface area contributed by atoms with Gasteiger partial charge in [0.25, 0.3) is 0 Å². The maximum atomic E-state index is 13.8. The van der Waals surface area contributed by atoms with Crippen molar-refractivity contribution in [2.45, 2.75) is 18.9 Å². The lowest BCUT2D eigenvalue weighted by Crippen LogP contribution is -2.30. The molecule has 0 aliphatic carbocycles. The van der Waals surface area contributed by atoms with Gasteiger partial charge in [-0.2, -0.15) is 4.80 Å². The second-order valence-corrected chi connectivity index (χ2v) is 4.71. The number of tetrazole rings is 1. The zero-order chi connectivity index (χ0) is 13.8. The summed E-state index contributed by atoms with van der Waals surface area (Å²) in [6.45, 7) is 0. The number of nitrogens with one attached hydrogen (secondary N) is 1. The largest absolute Gasteiger partial charge is 0.316 e. The van der Waals surface area contributed by atoms with Gasteiger partial charge in [-0.15, -0.1) is 10.2 Å². The van der Waals surface area contributed by atoms with Gasteiger partial charge in [0.15, 0.2) is 5.82 Å². The van der Waals surface area contributed by atoms with Crippen LogP contribution >= 0.6 is 11.6 Å². The van der Waals surface area contributed by atoms with Gasteiger partial charge in [0.1, 0.15) is 5.82 Å². The molecule has 1 aromatic carbocycles. The molecule has 0 bridgehead atoms. The van der Waals surface area contributed by atoms with Crippen LogP contribution in [0.2, 0.25) is 5.02 Å². The number of aromatic nitrogens is 4. The zero-order valence-electron chi connectivity index (χ0n) is 10.8. The summed E-state index contributed by atoms with van der Waals surface area (Å²) >= 11 is 5.77. The minimum Gasteiger partial charge on any atom is -0.316 e. The summed E-state index contributed by atoms with van der Waals surface area (Å²) in [7, 11) is 3.53. The van der Waals surface area contributed by atoms with Crippen LogP contribution in [-0.4, -0.2) is 33.3 Å². The molecule has 5 nitrogen and oxygen atoms in total. The Balaban J connectivity index is 2.08. The number of hydrogen-bond acceptors (Lipinski definition) is 4. The number of benzene rings is 1. The predicted octanol–water partition coefficient (Wildman–Crippen LogP) is 1.38. The second kappa shape index (κ2) is 6.08. The standard InChI is InChI=1S/C12H15ClFN5/c1-15-9(7-11-16-18-19(2)17-11)6-8-4-3-5-10(13)12(8)14/h3-5,9,15H,6-7H2,1-2H3. The fourth-order valence-corrected chi connectivity index (χ4v) is 2.07. The molecule has 1 atom stereocenters. The first-order valence-electron chi connectivity index (χ1n) is 5.93. The number of likely N-dealkylation sites (N-methyl/N-ethyl adjacent to an activating group) is 1. The molecule has 0 saturated carbocycles. The fourth-order valence-electron chi connectivity index (χ4n) is 1.87. The molecular weight excluding hydrogens is 269 g/mol. The van der Waals surface area contributed by atoms with Crippen LogP contribution in [-0.2, 0) is 19.9 Å². The molecular formula is C12H15ClFN5. The van der Waals surface area contributed by atoms with E-state index in [1.54, 1.807) is 25.2 Å². The van der Waals surface area contributed by atoms with Crippen LogP contribution in [0.3, 0.4) is 0 Å². The fraction of sp³-hybridized carbons (Fsp3) is 0.417. The smallest absolute Gasteiger partial charge is 0.176 e. The van der Waals surface area contributed by atoms with Gasteiger partial charge in [0.05, 0.1) is 12.1 Å². The summed E-state index contributed by atoms with van der Waals surface area (Å²) in [4.78, 5) is 1.40. The molecule has 19 heavy (non-hydrogen) atoms. The Morgan fingerprint density at radius 1 is 1.42 bits per heavy atom. The van der Waals surface area contributed by atoms with Gasteiger partial charge in [0.2, 0.25) is 0 Å². The summed E-state index contributed by atoms with van der Waals surface area (Å²) < 4.78 is 13.8. The van der Waals surface area contributed by atoms with E-state index in [1.165, 1.54) is 4.80 Å². The normalized spacial score (nSPS) is 12.6. The molecule has 2 rings (SSSR count). The van der Waals surface area contributed by atoms with Crippen molar-refractivity contribution >= 4 is 11.6 Å². The lowest BCUT2D eigenvalue weighted by Gasteiger charge is -2.15. The minimum absolute atomic E-state index is 0.0252. The van der Waals surface area contributed by atoms with E-state index in [0.717, 1.165) is 0 Å². The molecule has 0 saturated heterocycles. The number of nitrogens with zero attached hydrogens (tertiary/aromatic N) is 4. The van der Waals surface area contributed by atoms with Gasteiger partial charge < -0.3 is 5.32 Å². The highest BCUT2D eigenvalue weighted by molar-refractivity contribution is 6.30. The first-order chi connectivity index (χ1) is 9.10.